The van der Waals surface area contributed by atoms with Crippen molar-refractivity contribution in [2.75, 3.05) is 33.6 Å². The van der Waals surface area contributed by atoms with Gasteiger partial charge in [-0.25, -0.2) is 8.42 Å². The van der Waals surface area contributed by atoms with E-state index in [9.17, 15) is 13.2 Å². The topological polar surface area (TPSA) is 97.6 Å². The molecular weight excluding hydrogens is 310 g/mol. The molecule has 1 aliphatic rings. The number of rotatable bonds is 6. The zero-order valence-corrected chi connectivity index (χ0v) is 14.0. The first-order valence-corrected chi connectivity index (χ1v) is 8.72. The summed E-state index contributed by atoms with van der Waals surface area (Å²) in [5.41, 5.74) is 0. The Morgan fingerprint density at radius 3 is 2.68 bits per heavy atom. The van der Waals surface area contributed by atoms with E-state index in [0.29, 0.717) is 31.3 Å². The van der Waals surface area contributed by atoms with Crippen molar-refractivity contribution in [3.05, 3.63) is 11.6 Å². The molecule has 0 aliphatic carbocycles. The van der Waals surface area contributed by atoms with Gasteiger partial charge in [0.15, 0.2) is 5.82 Å². The molecule has 0 bridgehead atoms. The summed E-state index contributed by atoms with van der Waals surface area (Å²) in [7, 11) is -0.267. The molecule has 22 heavy (non-hydrogen) atoms. The molecule has 0 aromatic carbocycles. The number of sulfonamides is 1. The Balaban J connectivity index is 2.24. The fourth-order valence-corrected chi connectivity index (χ4v) is 2.70. The number of ether oxygens (including phenoxy) is 1. The minimum absolute atomic E-state index is 0.0485. The zero-order chi connectivity index (χ0) is 16.5. The number of methoxy groups -OCH3 is 1. The van der Waals surface area contributed by atoms with Crippen LogP contribution >= 0.6 is 0 Å². The molecule has 0 N–H and O–H groups in total. The van der Waals surface area contributed by atoms with Crippen LogP contribution in [0.5, 0.6) is 0 Å². The van der Waals surface area contributed by atoms with Gasteiger partial charge in [-0.2, -0.15) is 4.31 Å². The highest BCUT2D eigenvalue weighted by Gasteiger charge is 2.33. The van der Waals surface area contributed by atoms with Gasteiger partial charge in [0.2, 0.25) is 15.9 Å². The van der Waals surface area contributed by atoms with Crippen molar-refractivity contribution in [2.45, 2.75) is 26.1 Å². The van der Waals surface area contributed by atoms with Crippen molar-refractivity contribution >= 4 is 15.9 Å². The molecule has 2 heterocycles. The van der Waals surface area contributed by atoms with Crippen LogP contribution < -0.4 is 0 Å². The van der Waals surface area contributed by atoms with Crippen LogP contribution in [0.4, 0.5) is 0 Å². The number of hydrogen-bond donors (Lipinski definition) is 0. The maximum absolute atomic E-state index is 12.4. The van der Waals surface area contributed by atoms with Crippen molar-refractivity contribution in [1.82, 2.24) is 24.0 Å². The second-order valence-electron chi connectivity index (χ2n) is 5.35. The minimum Gasteiger partial charge on any atom is -0.383 e. The van der Waals surface area contributed by atoms with E-state index in [4.69, 9.17) is 4.74 Å². The molecule has 0 spiro atoms. The van der Waals surface area contributed by atoms with Gasteiger partial charge >= 0.3 is 0 Å². The second kappa shape index (κ2) is 6.31. The molecule has 1 amide bonds. The minimum atomic E-state index is -3.32. The van der Waals surface area contributed by atoms with E-state index in [1.54, 1.807) is 23.5 Å². The summed E-state index contributed by atoms with van der Waals surface area (Å²) < 4.78 is 30.9. The van der Waals surface area contributed by atoms with Crippen LogP contribution in [0.25, 0.3) is 0 Å². The number of carbonyl (C=O) groups excluding carboxylic acids is 1. The molecule has 1 aromatic heterocycles. The normalized spacial score (nSPS) is 18.9. The second-order valence-corrected chi connectivity index (χ2v) is 7.44. The summed E-state index contributed by atoms with van der Waals surface area (Å²) in [6.45, 7) is 3.14. The summed E-state index contributed by atoms with van der Waals surface area (Å²) in [5.74, 6) is 1.07. The van der Waals surface area contributed by atoms with Gasteiger partial charge in [0, 0.05) is 20.7 Å². The molecule has 0 radical (unpaired) electrons. The van der Waals surface area contributed by atoms with Crippen molar-refractivity contribution in [2.24, 2.45) is 0 Å². The van der Waals surface area contributed by atoms with E-state index in [2.05, 4.69) is 10.2 Å². The smallest absolute Gasteiger partial charge is 0.245 e. The third-order valence-electron chi connectivity index (χ3n) is 3.72. The van der Waals surface area contributed by atoms with Gasteiger partial charge in [-0.1, -0.05) is 0 Å². The highest BCUT2D eigenvalue weighted by Crippen LogP contribution is 2.23. The number of nitrogens with zero attached hydrogens (tertiary/aromatic N) is 5. The molecule has 2 rings (SSSR count). The summed E-state index contributed by atoms with van der Waals surface area (Å²) in [4.78, 5) is 14.1. The third-order valence-corrected chi connectivity index (χ3v) is 4.98. The number of carbonyl (C=O) groups is 1. The quantitative estimate of drug-likeness (QED) is 0.678. The van der Waals surface area contributed by atoms with Crippen LogP contribution in [0.1, 0.15) is 24.6 Å². The van der Waals surface area contributed by atoms with Crippen LogP contribution in [0.3, 0.4) is 0 Å². The maximum Gasteiger partial charge on any atom is 0.245 e. The first-order chi connectivity index (χ1) is 10.3. The Bertz CT molecular complexity index is 656. The standard InChI is InChI=1S/C12H21N5O4S/c1-9-12(18)16(5-6-21-3)8-11-14-13-10(17(9)11)7-15(2)22(4,19)20/h9H,5-8H2,1-4H3/t9-/m0/s1. The Kier molecular flexibility index (Phi) is 4.83. The lowest BCUT2D eigenvalue weighted by molar-refractivity contribution is -0.137. The predicted molar refractivity (Wildman–Crippen MR) is 78.3 cm³/mol. The van der Waals surface area contributed by atoms with E-state index < -0.39 is 16.1 Å². The van der Waals surface area contributed by atoms with Crippen molar-refractivity contribution in [3.63, 3.8) is 0 Å². The molecule has 10 heteroatoms. The molecule has 0 fully saturated rings. The first kappa shape index (κ1) is 16.8. The lowest BCUT2D eigenvalue weighted by Gasteiger charge is -2.32. The maximum atomic E-state index is 12.4. The Labute approximate surface area is 129 Å². The zero-order valence-electron chi connectivity index (χ0n) is 13.2. The lowest BCUT2D eigenvalue weighted by Crippen LogP contribution is -2.44. The van der Waals surface area contributed by atoms with Gasteiger partial charge < -0.3 is 9.64 Å². The van der Waals surface area contributed by atoms with E-state index in [1.165, 1.54) is 11.4 Å². The molecule has 0 unspecified atom stereocenters. The van der Waals surface area contributed by atoms with Gasteiger partial charge in [-0.3, -0.25) is 9.36 Å². The van der Waals surface area contributed by atoms with Gasteiger partial charge in [0.1, 0.15) is 11.9 Å². The number of fused-ring (bicyclic) bond motifs is 1. The van der Waals surface area contributed by atoms with E-state index >= 15 is 0 Å². The van der Waals surface area contributed by atoms with Crippen molar-refractivity contribution in [3.8, 4) is 0 Å². The molecule has 1 aromatic rings. The molecule has 0 saturated carbocycles. The van der Waals surface area contributed by atoms with Crippen LogP contribution in [0.2, 0.25) is 0 Å². The lowest BCUT2D eigenvalue weighted by atomic mass is 10.2. The summed E-state index contributed by atoms with van der Waals surface area (Å²) in [5, 5.41) is 8.14. The summed E-state index contributed by atoms with van der Waals surface area (Å²) in [6, 6.07) is -0.460. The Hall–Kier alpha value is -1.52. The van der Waals surface area contributed by atoms with Gasteiger partial charge in [-0.05, 0) is 6.92 Å². The van der Waals surface area contributed by atoms with Crippen LogP contribution in [0.15, 0.2) is 0 Å². The third kappa shape index (κ3) is 3.28. The molecule has 124 valence electrons. The Morgan fingerprint density at radius 1 is 1.41 bits per heavy atom. The number of amides is 1. The molecule has 1 atom stereocenters. The summed E-state index contributed by atoms with van der Waals surface area (Å²) >= 11 is 0. The fourth-order valence-electron chi connectivity index (χ4n) is 2.35. The van der Waals surface area contributed by atoms with E-state index in [0.717, 1.165) is 6.26 Å². The van der Waals surface area contributed by atoms with Crippen LogP contribution in [-0.2, 0) is 32.6 Å². The van der Waals surface area contributed by atoms with Crippen LogP contribution in [-0.4, -0.2) is 71.9 Å². The highest BCUT2D eigenvalue weighted by atomic mass is 32.2. The fraction of sp³-hybridized carbons (Fsp3) is 0.750. The van der Waals surface area contributed by atoms with Gasteiger partial charge in [0.05, 0.1) is 26.0 Å². The Morgan fingerprint density at radius 2 is 2.09 bits per heavy atom. The molecule has 9 nitrogen and oxygen atoms in total. The average Bonchev–Trinajstić information content (AvgIpc) is 2.83. The van der Waals surface area contributed by atoms with Crippen LogP contribution in [0, 0.1) is 0 Å². The molecular formula is C12H21N5O4S. The SMILES string of the molecule is COCCN1Cc2nnc(CN(C)S(C)(=O)=O)n2[C@@H](C)C1=O. The van der Waals surface area contributed by atoms with E-state index in [1.807, 2.05) is 0 Å². The summed E-state index contributed by atoms with van der Waals surface area (Å²) in [6.07, 6.45) is 1.13. The van der Waals surface area contributed by atoms with Crippen molar-refractivity contribution < 1.29 is 17.9 Å². The number of hydrogen-bond acceptors (Lipinski definition) is 6. The largest absolute Gasteiger partial charge is 0.383 e. The monoisotopic (exact) mass is 331 g/mol. The number of aromatic nitrogens is 3. The molecule has 0 saturated heterocycles. The molecule has 1 aliphatic heterocycles. The van der Waals surface area contributed by atoms with Gasteiger partial charge in [0.25, 0.3) is 0 Å². The van der Waals surface area contributed by atoms with E-state index in [-0.39, 0.29) is 12.5 Å². The highest BCUT2D eigenvalue weighted by molar-refractivity contribution is 7.88. The predicted octanol–water partition coefficient (Wildman–Crippen LogP) is -0.781. The van der Waals surface area contributed by atoms with Gasteiger partial charge in [-0.15, -0.1) is 10.2 Å². The average molecular weight is 331 g/mol. The van der Waals surface area contributed by atoms with Crippen molar-refractivity contribution in [1.29, 1.82) is 0 Å². The first-order valence-electron chi connectivity index (χ1n) is 6.87.